The molecule has 0 unspecified atom stereocenters. The lowest BCUT2D eigenvalue weighted by Crippen LogP contribution is -2.25. The van der Waals surface area contributed by atoms with Crippen LogP contribution in [0.2, 0.25) is 0 Å². The highest BCUT2D eigenvalue weighted by Gasteiger charge is 2.28. The number of fused-ring (bicyclic) bond motifs is 1. The maximum atomic E-state index is 14.0. The lowest BCUT2D eigenvalue weighted by Gasteiger charge is -2.30. The monoisotopic (exact) mass is 323 g/mol. The van der Waals surface area contributed by atoms with Crippen LogP contribution in [-0.4, -0.2) is 24.8 Å². The Bertz CT molecular complexity index is 856. The van der Waals surface area contributed by atoms with Crippen molar-refractivity contribution in [2.24, 2.45) is 0 Å². The first-order chi connectivity index (χ1) is 11.0. The fourth-order valence-electron chi connectivity index (χ4n) is 2.82. The summed E-state index contributed by atoms with van der Waals surface area (Å²) in [5.41, 5.74) is -0.756. The molecular weight excluding hydrogens is 308 g/mol. The number of hydrogen-bond acceptors (Lipinski definition) is 4. The molecule has 1 aliphatic rings. The van der Waals surface area contributed by atoms with E-state index in [1.54, 1.807) is 4.57 Å². The van der Waals surface area contributed by atoms with Gasteiger partial charge in [-0.2, -0.15) is 4.39 Å². The number of methoxy groups -OCH3 is 2. The Morgan fingerprint density at radius 2 is 2.00 bits per heavy atom. The fourth-order valence-corrected chi connectivity index (χ4v) is 2.82. The largest absolute Gasteiger partial charge is 0.491 e. The summed E-state index contributed by atoms with van der Waals surface area (Å²) in [6, 6.07) is 0.803. The summed E-state index contributed by atoms with van der Waals surface area (Å²) in [5.74, 6) is -3.50. The average molecular weight is 323 g/mol. The minimum atomic E-state index is -1.20. The Labute approximate surface area is 130 Å². The van der Waals surface area contributed by atoms with Crippen LogP contribution in [0.15, 0.2) is 17.1 Å². The lowest BCUT2D eigenvalue weighted by molar-refractivity contribution is 0.0598. The predicted molar refractivity (Wildman–Crippen MR) is 78.9 cm³/mol. The number of pyridine rings is 1. The Morgan fingerprint density at radius 1 is 1.30 bits per heavy atom. The summed E-state index contributed by atoms with van der Waals surface area (Å²) in [6.45, 7) is 0. The molecule has 5 nitrogen and oxygen atoms in total. The van der Waals surface area contributed by atoms with Crippen LogP contribution >= 0.6 is 0 Å². The van der Waals surface area contributed by atoms with Crippen LogP contribution in [-0.2, 0) is 4.74 Å². The molecule has 3 rings (SSSR count). The number of hydrogen-bond donors (Lipinski definition) is 0. The highest BCUT2D eigenvalue weighted by molar-refractivity contribution is 5.95. The zero-order valence-corrected chi connectivity index (χ0v) is 12.7. The molecule has 122 valence electrons. The van der Waals surface area contributed by atoms with Gasteiger partial charge in [-0.1, -0.05) is 0 Å². The van der Waals surface area contributed by atoms with Crippen LogP contribution in [0.25, 0.3) is 10.9 Å². The van der Waals surface area contributed by atoms with Crippen LogP contribution in [0.1, 0.15) is 35.7 Å². The molecule has 0 amide bonds. The Morgan fingerprint density at radius 3 is 2.52 bits per heavy atom. The summed E-state index contributed by atoms with van der Waals surface area (Å²) in [6.07, 6.45) is 3.97. The van der Waals surface area contributed by atoms with E-state index in [0.29, 0.717) is 0 Å². The fraction of sp³-hybridized carbons (Fsp3) is 0.375. The van der Waals surface area contributed by atoms with Gasteiger partial charge in [0.25, 0.3) is 0 Å². The Kier molecular flexibility index (Phi) is 3.79. The van der Waals surface area contributed by atoms with Crippen molar-refractivity contribution in [3.05, 3.63) is 39.7 Å². The van der Waals surface area contributed by atoms with E-state index in [9.17, 15) is 18.4 Å². The van der Waals surface area contributed by atoms with Crippen LogP contribution in [0.4, 0.5) is 8.78 Å². The van der Waals surface area contributed by atoms with Gasteiger partial charge in [0.05, 0.1) is 25.1 Å². The van der Waals surface area contributed by atoms with Gasteiger partial charge in [0, 0.05) is 12.2 Å². The van der Waals surface area contributed by atoms with Gasteiger partial charge >= 0.3 is 5.97 Å². The molecule has 1 saturated carbocycles. The van der Waals surface area contributed by atoms with E-state index in [1.165, 1.54) is 13.3 Å². The summed E-state index contributed by atoms with van der Waals surface area (Å²) < 4.78 is 39.1. The molecule has 1 aliphatic carbocycles. The number of rotatable bonds is 3. The molecule has 0 aliphatic heterocycles. The maximum absolute atomic E-state index is 14.0. The summed E-state index contributed by atoms with van der Waals surface area (Å²) >= 11 is 0. The SMILES string of the molecule is COC(=O)c1cn(C2CCC2)c2c(OC)c(F)c(F)cc2c1=O. The van der Waals surface area contributed by atoms with Crippen LogP contribution in [0, 0.1) is 11.6 Å². The van der Waals surface area contributed by atoms with Gasteiger partial charge in [-0.05, 0) is 25.3 Å². The quantitative estimate of drug-likeness (QED) is 0.815. The third-order valence-corrected chi connectivity index (χ3v) is 4.24. The molecular formula is C16H15F2NO4. The van der Waals surface area contributed by atoms with Crippen molar-refractivity contribution in [2.75, 3.05) is 14.2 Å². The van der Waals surface area contributed by atoms with E-state index in [0.717, 1.165) is 32.4 Å². The van der Waals surface area contributed by atoms with Crippen molar-refractivity contribution in [2.45, 2.75) is 25.3 Å². The summed E-state index contributed by atoms with van der Waals surface area (Å²) in [4.78, 5) is 24.3. The van der Waals surface area contributed by atoms with Crippen molar-refractivity contribution >= 4 is 16.9 Å². The van der Waals surface area contributed by atoms with Gasteiger partial charge in [-0.15, -0.1) is 0 Å². The van der Waals surface area contributed by atoms with Crippen molar-refractivity contribution < 1.29 is 23.0 Å². The molecule has 0 atom stereocenters. The van der Waals surface area contributed by atoms with Crippen molar-refractivity contribution in [1.29, 1.82) is 0 Å². The second kappa shape index (κ2) is 5.64. The molecule has 0 N–H and O–H groups in total. The summed E-state index contributed by atoms with van der Waals surface area (Å²) in [7, 11) is 2.37. The molecule has 2 aromatic rings. The standard InChI is InChI=1S/C16H15F2NO4/c1-22-15-12(18)11(17)6-9-13(15)19(8-4-3-5-8)7-10(14(9)20)16(21)23-2/h6-8H,3-5H2,1-2H3. The number of benzene rings is 1. The van der Waals surface area contributed by atoms with Gasteiger partial charge in [-0.25, -0.2) is 9.18 Å². The number of carbonyl (C=O) groups excluding carboxylic acids is 1. The van der Waals surface area contributed by atoms with E-state index < -0.39 is 23.0 Å². The molecule has 7 heteroatoms. The van der Waals surface area contributed by atoms with Gasteiger partial charge < -0.3 is 14.0 Å². The van der Waals surface area contributed by atoms with E-state index in [-0.39, 0.29) is 28.3 Å². The minimum absolute atomic E-state index is 0.000248. The topological polar surface area (TPSA) is 57.5 Å². The number of aromatic nitrogens is 1. The number of carbonyl (C=O) groups is 1. The van der Waals surface area contributed by atoms with Gasteiger partial charge in [-0.3, -0.25) is 4.79 Å². The van der Waals surface area contributed by atoms with E-state index in [2.05, 4.69) is 4.74 Å². The molecule has 0 saturated heterocycles. The second-order valence-corrected chi connectivity index (χ2v) is 5.46. The molecule has 0 radical (unpaired) electrons. The minimum Gasteiger partial charge on any atom is -0.491 e. The normalized spacial score (nSPS) is 14.6. The molecule has 1 fully saturated rings. The molecule has 1 heterocycles. The highest BCUT2D eigenvalue weighted by Crippen LogP contribution is 2.38. The smallest absolute Gasteiger partial charge is 0.343 e. The van der Waals surface area contributed by atoms with Gasteiger partial charge in [0.1, 0.15) is 5.56 Å². The van der Waals surface area contributed by atoms with Gasteiger partial charge in [0.15, 0.2) is 11.6 Å². The molecule has 23 heavy (non-hydrogen) atoms. The first-order valence-electron chi connectivity index (χ1n) is 7.18. The zero-order valence-electron chi connectivity index (χ0n) is 12.7. The Hall–Kier alpha value is -2.44. The third kappa shape index (κ3) is 2.27. The molecule has 1 aromatic carbocycles. The van der Waals surface area contributed by atoms with E-state index in [1.807, 2.05) is 0 Å². The van der Waals surface area contributed by atoms with Crippen molar-refractivity contribution in [1.82, 2.24) is 4.57 Å². The zero-order chi connectivity index (χ0) is 16.7. The third-order valence-electron chi connectivity index (χ3n) is 4.24. The van der Waals surface area contributed by atoms with Crippen LogP contribution in [0.3, 0.4) is 0 Å². The lowest BCUT2D eigenvalue weighted by atomic mass is 9.92. The van der Waals surface area contributed by atoms with Crippen molar-refractivity contribution in [3.63, 3.8) is 0 Å². The van der Waals surface area contributed by atoms with Crippen LogP contribution in [0.5, 0.6) is 5.75 Å². The highest BCUT2D eigenvalue weighted by atomic mass is 19.2. The van der Waals surface area contributed by atoms with Crippen molar-refractivity contribution in [3.8, 4) is 5.75 Å². The average Bonchev–Trinajstić information content (AvgIpc) is 2.49. The Balaban J connectivity index is 2.45. The molecule has 0 bridgehead atoms. The van der Waals surface area contributed by atoms with E-state index >= 15 is 0 Å². The molecule has 1 aromatic heterocycles. The summed E-state index contributed by atoms with van der Waals surface area (Å²) in [5, 5.41) is -0.101. The maximum Gasteiger partial charge on any atom is 0.343 e. The number of esters is 1. The predicted octanol–water partition coefficient (Wildman–Crippen LogP) is 2.80. The van der Waals surface area contributed by atoms with E-state index in [4.69, 9.17) is 4.74 Å². The first-order valence-corrected chi connectivity index (χ1v) is 7.18. The first kappa shape index (κ1) is 15.5. The number of nitrogens with zero attached hydrogens (tertiary/aromatic N) is 1. The number of ether oxygens (including phenoxy) is 2. The van der Waals surface area contributed by atoms with Gasteiger partial charge in [0.2, 0.25) is 11.2 Å². The van der Waals surface area contributed by atoms with Crippen LogP contribution < -0.4 is 10.2 Å². The number of halogens is 2. The second-order valence-electron chi connectivity index (χ2n) is 5.46. The molecule has 0 spiro atoms.